The van der Waals surface area contributed by atoms with Crippen molar-refractivity contribution in [3.63, 3.8) is 0 Å². The Balaban J connectivity index is 2.50. The smallest absolute Gasteiger partial charge is 0.406 e. The predicted molar refractivity (Wildman–Crippen MR) is 73.1 cm³/mol. The fourth-order valence-corrected chi connectivity index (χ4v) is 2.05. The minimum absolute atomic E-state index is 0.206. The number of halogens is 4. The van der Waals surface area contributed by atoms with Crippen LogP contribution in [0.1, 0.15) is 23.7 Å². The van der Waals surface area contributed by atoms with E-state index in [1.54, 1.807) is 6.92 Å². The zero-order valence-corrected chi connectivity index (χ0v) is 11.6. The third-order valence-corrected chi connectivity index (χ3v) is 2.98. The molecule has 6 heteroatoms. The van der Waals surface area contributed by atoms with Gasteiger partial charge in [-0.25, -0.2) is 4.39 Å². The van der Waals surface area contributed by atoms with E-state index in [1.807, 2.05) is 0 Å². The molecule has 0 radical (unpaired) electrons. The largest absolute Gasteiger partial charge is 0.573 e. The maximum atomic E-state index is 13.4. The third kappa shape index (κ3) is 3.84. The number of hydrogen-bond acceptors (Lipinski definition) is 2. The van der Waals surface area contributed by atoms with Gasteiger partial charge in [-0.2, -0.15) is 0 Å². The first-order chi connectivity index (χ1) is 10.3. The number of carbonyl (C=O) groups excluding carboxylic acids is 1. The molecule has 0 bridgehead atoms. The molecule has 0 N–H and O–H groups in total. The van der Waals surface area contributed by atoms with Crippen LogP contribution in [0.2, 0.25) is 0 Å². The molecule has 0 unspecified atom stereocenters. The van der Waals surface area contributed by atoms with Gasteiger partial charge in [0.1, 0.15) is 11.6 Å². The van der Waals surface area contributed by atoms with E-state index >= 15 is 0 Å². The van der Waals surface area contributed by atoms with E-state index in [0.29, 0.717) is 0 Å². The lowest BCUT2D eigenvalue weighted by atomic mass is 9.96. The Labute approximate surface area is 124 Å². The molecule has 2 rings (SSSR count). The number of rotatable bonds is 4. The Morgan fingerprint density at radius 1 is 1.14 bits per heavy atom. The molecule has 0 saturated heterocycles. The standard InChI is InChI=1S/C16H12F4O2/c1-2-15(21)13-7-6-11(17)9-14(13)10-4-3-5-12(8-10)22-16(18,19)20/h3-9H,2H2,1H3. The van der Waals surface area contributed by atoms with Crippen molar-refractivity contribution in [2.75, 3.05) is 0 Å². The molecule has 22 heavy (non-hydrogen) atoms. The Hall–Kier alpha value is -2.37. The Morgan fingerprint density at radius 2 is 1.86 bits per heavy atom. The summed E-state index contributed by atoms with van der Waals surface area (Å²) in [6.45, 7) is 1.65. The molecule has 2 aromatic carbocycles. The van der Waals surface area contributed by atoms with E-state index in [-0.39, 0.29) is 28.9 Å². The highest BCUT2D eigenvalue weighted by atomic mass is 19.4. The van der Waals surface area contributed by atoms with Crippen molar-refractivity contribution in [3.05, 3.63) is 53.8 Å². The normalized spacial score (nSPS) is 11.3. The zero-order chi connectivity index (χ0) is 16.3. The molecule has 0 fully saturated rings. The molecule has 0 atom stereocenters. The second-order valence-electron chi connectivity index (χ2n) is 4.54. The fourth-order valence-electron chi connectivity index (χ4n) is 2.05. The number of alkyl halides is 3. The molecule has 0 aliphatic heterocycles. The summed E-state index contributed by atoms with van der Waals surface area (Å²) in [7, 11) is 0. The summed E-state index contributed by atoms with van der Waals surface area (Å²) in [5, 5.41) is 0. The predicted octanol–water partition coefficient (Wildman–Crippen LogP) is 4.98. The van der Waals surface area contributed by atoms with E-state index in [1.165, 1.54) is 18.2 Å². The Kier molecular flexibility index (Phi) is 4.49. The minimum atomic E-state index is -4.82. The van der Waals surface area contributed by atoms with Crippen LogP contribution in [0.3, 0.4) is 0 Å². The summed E-state index contributed by atoms with van der Waals surface area (Å²) in [6, 6.07) is 8.68. The lowest BCUT2D eigenvalue weighted by molar-refractivity contribution is -0.274. The van der Waals surface area contributed by atoms with E-state index in [0.717, 1.165) is 24.3 Å². The van der Waals surface area contributed by atoms with Crippen molar-refractivity contribution in [3.8, 4) is 16.9 Å². The average Bonchev–Trinajstić information content (AvgIpc) is 2.45. The number of ketones is 1. The molecule has 0 heterocycles. The average molecular weight is 312 g/mol. The summed E-state index contributed by atoms with van der Waals surface area (Å²) in [5.41, 5.74) is 0.769. The van der Waals surface area contributed by atoms with Gasteiger partial charge in [0.15, 0.2) is 5.78 Å². The van der Waals surface area contributed by atoms with Crippen molar-refractivity contribution in [2.45, 2.75) is 19.7 Å². The molecule has 0 aromatic heterocycles. The van der Waals surface area contributed by atoms with E-state index in [9.17, 15) is 22.4 Å². The van der Waals surface area contributed by atoms with E-state index < -0.39 is 17.9 Å². The second kappa shape index (κ2) is 6.17. The maximum Gasteiger partial charge on any atom is 0.573 e. The van der Waals surface area contributed by atoms with Crippen LogP contribution in [-0.2, 0) is 0 Å². The van der Waals surface area contributed by atoms with Crippen LogP contribution in [0.5, 0.6) is 5.75 Å². The van der Waals surface area contributed by atoms with Gasteiger partial charge in [-0.3, -0.25) is 4.79 Å². The van der Waals surface area contributed by atoms with Crippen LogP contribution in [-0.4, -0.2) is 12.1 Å². The van der Waals surface area contributed by atoms with Crippen LogP contribution < -0.4 is 4.74 Å². The SMILES string of the molecule is CCC(=O)c1ccc(F)cc1-c1cccc(OC(F)(F)F)c1. The number of benzene rings is 2. The van der Waals surface area contributed by atoms with Gasteiger partial charge in [-0.15, -0.1) is 13.2 Å². The van der Waals surface area contributed by atoms with Crippen molar-refractivity contribution < 1.29 is 27.1 Å². The van der Waals surface area contributed by atoms with E-state index in [4.69, 9.17) is 0 Å². The maximum absolute atomic E-state index is 13.4. The molecular formula is C16H12F4O2. The monoisotopic (exact) mass is 312 g/mol. The van der Waals surface area contributed by atoms with Crippen molar-refractivity contribution >= 4 is 5.78 Å². The lowest BCUT2D eigenvalue weighted by Gasteiger charge is -2.12. The summed E-state index contributed by atoms with van der Waals surface area (Å²) >= 11 is 0. The van der Waals surface area contributed by atoms with Gasteiger partial charge in [0.2, 0.25) is 0 Å². The van der Waals surface area contributed by atoms with Crippen LogP contribution >= 0.6 is 0 Å². The van der Waals surface area contributed by atoms with Gasteiger partial charge in [-0.1, -0.05) is 19.1 Å². The van der Waals surface area contributed by atoms with Crippen LogP contribution in [0.4, 0.5) is 17.6 Å². The van der Waals surface area contributed by atoms with Crippen molar-refractivity contribution in [1.29, 1.82) is 0 Å². The quantitative estimate of drug-likeness (QED) is 0.587. The Bertz CT molecular complexity index is 693. The summed E-state index contributed by atoms with van der Waals surface area (Å²) in [6.07, 6.45) is -4.61. The van der Waals surface area contributed by atoms with Gasteiger partial charge in [0.05, 0.1) is 0 Å². The number of hydrogen-bond donors (Lipinski definition) is 0. The molecule has 0 saturated carbocycles. The summed E-state index contributed by atoms with van der Waals surface area (Å²) < 4.78 is 54.1. The zero-order valence-electron chi connectivity index (χ0n) is 11.6. The second-order valence-corrected chi connectivity index (χ2v) is 4.54. The summed E-state index contributed by atoms with van der Waals surface area (Å²) in [4.78, 5) is 11.9. The van der Waals surface area contributed by atoms with Crippen LogP contribution in [0.25, 0.3) is 11.1 Å². The molecule has 0 aliphatic rings. The third-order valence-electron chi connectivity index (χ3n) is 2.98. The van der Waals surface area contributed by atoms with Gasteiger partial charge >= 0.3 is 6.36 Å². The van der Waals surface area contributed by atoms with E-state index in [2.05, 4.69) is 4.74 Å². The molecule has 2 nitrogen and oxygen atoms in total. The first kappa shape index (κ1) is 16.0. The van der Waals surface area contributed by atoms with Gasteiger partial charge in [-0.05, 0) is 41.5 Å². The van der Waals surface area contributed by atoms with Gasteiger partial charge < -0.3 is 4.74 Å². The Morgan fingerprint density at radius 3 is 2.50 bits per heavy atom. The molecule has 116 valence electrons. The van der Waals surface area contributed by atoms with Crippen LogP contribution in [0.15, 0.2) is 42.5 Å². The molecule has 2 aromatic rings. The van der Waals surface area contributed by atoms with Crippen molar-refractivity contribution in [2.24, 2.45) is 0 Å². The fraction of sp³-hybridized carbons (Fsp3) is 0.188. The number of carbonyl (C=O) groups is 1. The van der Waals surface area contributed by atoms with Gasteiger partial charge in [0, 0.05) is 12.0 Å². The first-order valence-electron chi connectivity index (χ1n) is 6.49. The highest BCUT2D eigenvalue weighted by Gasteiger charge is 2.31. The topological polar surface area (TPSA) is 26.3 Å². The summed E-state index contributed by atoms with van der Waals surface area (Å²) in [5.74, 6) is -1.23. The van der Waals surface area contributed by atoms with Crippen LogP contribution in [0, 0.1) is 5.82 Å². The molecule has 0 amide bonds. The number of Topliss-reactive ketones (excluding diaryl/α,β-unsaturated/α-hetero) is 1. The lowest BCUT2D eigenvalue weighted by Crippen LogP contribution is -2.17. The highest BCUT2D eigenvalue weighted by molar-refractivity contribution is 6.02. The molecule has 0 aliphatic carbocycles. The molecular weight excluding hydrogens is 300 g/mol. The van der Waals surface area contributed by atoms with Gasteiger partial charge in [0.25, 0.3) is 0 Å². The minimum Gasteiger partial charge on any atom is -0.406 e. The molecule has 0 spiro atoms. The first-order valence-corrected chi connectivity index (χ1v) is 6.49. The highest BCUT2D eigenvalue weighted by Crippen LogP contribution is 2.31. The number of ether oxygens (including phenoxy) is 1. The van der Waals surface area contributed by atoms with Crippen molar-refractivity contribution in [1.82, 2.24) is 0 Å².